The van der Waals surface area contributed by atoms with E-state index in [1.807, 2.05) is 0 Å². The van der Waals surface area contributed by atoms with Gasteiger partial charge in [0.25, 0.3) is 0 Å². The lowest BCUT2D eigenvalue weighted by molar-refractivity contribution is -0.137. The fraction of sp³-hybridized carbons (Fsp3) is 0.462. The van der Waals surface area contributed by atoms with E-state index >= 15 is 0 Å². The molecule has 0 atom stereocenters. The van der Waals surface area contributed by atoms with Gasteiger partial charge in [-0.25, -0.2) is 0 Å². The van der Waals surface area contributed by atoms with Crippen molar-refractivity contribution in [1.82, 2.24) is 0 Å². The monoisotopic (exact) mass is 309 g/mol. The van der Waals surface area contributed by atoms with Gasteiger partial charge in [-0.3, -0.25) is 0 Å². The highest BCUT2D eigenvalue weighted by Gasteiger charge is 2.34. The first kappa shape index (κ1) is 16.8. The topological polar surface area (TPSA) is 30.8 Å². The van der Waals surface area contributed by atoms with Crippen LogP contribution in [0.25, 0.3) is 0 Å². The molecular weight excluding hydrogens is 295 g/mol. The van der Waals surface area contributed by atoms with E-state index < -0.39 is 11.7 Å². The lowest BCUT2D eigenvalue weighted by Crippen LogP contribution is -2.14. The van der Waals surface area contributed by atoms with Gasteiger partial charge >= 0.3 is 6.18 Å². The summed E-state index contributed by atoms with van der Waals surface area (Å²) >= 11 is 5.77. The Morgan fingerprint density at radius 2 is 2.00 bits per heavy atom. The maximum Gasteiger partial charge on any atom is 0.417 e. The summed E-state index contributed by atoms with van der Waals surface area (Å²) < 4.78 is 43.6. The predicted molar refractivity (Wildman–Crippen MR) is 71.1 cm³/mol. The van der Waals surface area contributed by atoms with Crippen molar-refractivity contribution >= 4 is 17.3 Å². The van der Waals surface area contributed by atoms with Crippen LogP contribution in [0.4, 0.5) is 13.2 Å². The van der Waals surface area contributed by atoms with Crippen molar-refractivity contribution in [1.29, 1.82) is 0 Å². The molecule has 0 aromatic heterocycles. The highest BCUT2D eigenvalue weighted by atomic mass is 35.5. The van der Waals surface area contributed by atoms with E-state index in [2.05, 4.69) is 5.16 Å². The van der Waals surface area contributed by atoms with E-state index in [1.54, 1.807) is 6.92 Å². The van der Waals surface area contributed by atoms with Crippen molar-refractivity contribution in [3.8, 4) is 0 Å². The van der Waals surface area contributed by atoms with Crippen molar-refractivity contribution in [2.24, 2.45) is 5.16 Å². The van der Waals surface area contributed by atoms with Gasteiger partial charge < -0.3 is 9.57 Å². The molecule has 3 nitrogen and oxygen atoms in total. The summed E-state index contributed by atoms with van der Waals surface area (Å²) in [5.41, 5.74) is -0.654. The summed E-state index contributed by atoms with van der Waals surface area (Å²) in [6.45, 7) is 2.17. The zero-order chi connectivity index (χ0) is 15.2. The first-order valence-electron chi connectivity index (χ1n) is 5.95. The van der Waals surface area contributed by atoms with E-state index in [4.69, 9.17) is 21.2 Å². The molecule has 0 aliphatic carbocycles. The number of benzene rings is 1. The van der Waals surface area contributed by atoms with E-state index in [-0.39, 0.29) is 29.3 Å². The van der Waals surface area contributed by atoms with Crippen molar-refractivity contribution in [2.45, 2.75) is 19.5 Å². The maximum absolute atomic E-state index is 13.0. The molecule has 0 amide bonds. The van der Waals surface area contributed by atoms with Crippen LogP contribution in [-0.4, -0.2) is 26.0 Å². The molecule has 0 fully saturated rings. The number of hydrogen-bond acceptors (Lipinski definition) is 3. The third-order valence-electron chi connectivity index (χ3n) is 2.49. The highest BCUT2D eigenvalue weighted by Crippen LogP contribution is 2.34. The summed E-state index contributed by atoms with van der Waals surface area (Å²) in [4.78, 5) is 4.94. The molecule has 0 heterocycles. The lowest BCUT2D eigenvalue weighted by Gasteiger charge is -2.14. The molecule has 7 heteroatoms. The van der Waals surface area contributed by atoms with Gasteiger partial charge in [-0.2, -0.15) is 13.2 Å². The van der Waals surface area contributed by atoms with Crippen LogP contribution in [0.5, 0.6) is 0 Å². The number of hydrogen-bond donors (Lipinski definition) is 0. The highest BCUT2D eigenvalue weighted by molar-refractivity contribution is 6.31. The normalized spacial score (nSPS) is 12.6. The number of ether oxygens (including phenoxy) is 1. The second-order valence-corrected chi connectivity index (χ2v) is 4.34. The average Bonchev–Trinajstić information content (AvgIpc) is 2.37. The van der Waals surface area contributed by atoms with Crippen molar-refractivity contribution in [2.75, 3.05) is 20.3 Å². The zero-order valence-corrected chi connectivity index (χ0v) is 11.9. The first-order valence-corrected chi connectivity index (χ1v) is 6.32. The van der Waals surface area contributed by atoms with Crippen LogP contribution in [0, 0.1) is 0 Å². The molecule has 1 rings (SSSR count). The Morgan fingerprint density at radius 1 is 1.30 bits per heavy atom. The quantitative estimate of drug-likeness (QED) is 0.449. The summed E-state index contributed by atoms with van der Waals surface area (Å²) in [6, 6.07) is 3.39. The van der Waals surface area contributed by atoms with Crippen LogP contribution in [0.2, 0.25) is 5.02 Å². The molecule has 20 heavy (non-hydrogen) atoms. The number of methoxy groups -OCH3 is 1. The Morgan fingerprint density at radius 3 is 2.55 bits per heavy atom. The number of halogens is 4. The molecule has 0 saturated heterocycles. The van der Waals surface area contributed by atoms with Crippen LogP contribution < -0.4 is 0 Å². The zero-order valence-electron chi connectivity index (χ0n) is 11.1. The molecule has 0 saturated carbocycles. The Labute approximate surface area is 120 Å². The van der Waals surface area contributed by atoms with Crippen LogP contribution in [-0.2, 0) is 15.8 Å². The van der Waals surface area contributed by atoms with E-state index in [1.165, 1.54) is 19.2 Å². The molecule has 0 aliphatic rings. The minimum Gasteiger partial charge on any atom is -0.393 e. The van der Waals surface area contributed by atoms with Gasteiger partial charge in [0.2, 0.25) is 0 Å². The van der Waals surface area contributed by atoms with Crippen molar-refractivity contribution < 1.29 is 22.7 Å². The third-order valence-corrected chi connectivity index (χ3v) is 2.72. The van der Waals surface area contributed by atoms with Gasteiger partial charge in [0, 0.05) is 17.7 Å². The van der Waals surface area contributed by atoms with E-state index in [0.29, 0.717) is 6.61 Å². The van der Waals surface area contributed by atoms with Gasteiger partial charge in [-0.05, 0) is 24.6 Å². The molecular formula is C13H15ClF3NO2. The molecule has 0 bridgehead atoms. The lowest BCUT2D eigenvalue weighted by atomic mass is 10.0. The summed E-state index contributed by atoms with van der Waals surface area (Å²) in [5.74, 6) is 0. The summed E-state index contributed by atoms with van der Waals surface area (Å²) in [6.07, 6.45) is -4.18. The van der Waals surface area contributed by atoms with Crippen molar-refractivity contribution in [3.63, 3.8) is 0 Å². The fourth-order valence-corrected chi connectivity index (χ4v) is 1.72. The molecule has 0 spiro atoms. The van der Waals surface area contributed by atoms with Crippen LogP contribution >= 0.6 is 11.6 Å². The van der Waals surface area contributed by atoms with E-state index in [0.717, 1.165) is 6.07 Å². The van der Waals surface area contributed by atoms with E-state index in [9.17, 15) is 13.2 Å². The molecule has 0 aliphatic heterocycles. The standard InChI is InChI=1S/C13H15ClF3NO2/c1-3-12(18-20-7-6-19-2)10-8-9(14)4-5-11(10)13(15,16)17/h4-5,8H,3,6-7H2,1-2H3. The minimum absolute atomic E-state index is 0.0649. The number of nitrogens with zero attached hydrogens (tertiary/aromatic N) is 1. The van der Waals surface area contributed by atoms with Gasteiger partial charge in [-0.1, -0.05) is 23.7 Å². The molecule has 0 unspecified atom stereocenters. The summed E-state index contributed by atoms with van der Waals surface area (Å²) in [7, 11) is 1.49. The first-order chi connectivity index (χ1) is 9.40. The maximum atomic E-state index is 13.0. The fourth-order valence-electron chi connectivity index (χ4n) is 1.55. The molecule has 1 aromatic rings. The average molecular weight is 310 g/mol. The summed E-state index contributed by atoms with van der Waals surface area (Å²) in [5, 5.41) is 3.96. The smallest absolute Gasteiger partial charge is 0.393 e. The molecule has 1 aromatic carbocycles. The second kappa shape index (κ2) is 7.50. The third kappa shape index (κ3) is 4.68. The number of rotatable bonds is 6. The van der Waals surface area contributed by atoms with Crippen molar-refractivity contribution in [3.05, 3.63) is 34.3 Å². The second-order valence-electron chi connectivity index (χ2n) is 3.91. The Kier molecular flexibility index (Phi) is 6.29. The molecule has 112 valence electrons. The molecule has 0 radical (unpaired) electrons. The Balaban J connectivity index is 3.10. The number of oxime groups is 1. The SMILES string of the molecule is CCC(=NOCCOC)c1cc(Cl)ccc1C(F)(F)F. The Bertz CT molecular complexity index is 475. The number of alkyl halides is 3. The van der Waals surface area contributed by atoms with Crippen LogP contribution in [0.1, 0.15) is 24.5 Å². The molecule has 0 N–H and O–H groups in total. The van der Waals surface area contributed by atoms with Crippen LogP contribution in [0.15, 0.2) is 23.4 Å². The van der Waals surface area contributed by atoms with Gasteiger partial charge in [-0.15, -0.1) is 0 Å². The Hall–Kier alpha value is -1.27. The van der Waals surface area contributed by atoms with Gasteiger partial charge in [0.05, 0.1) is 17.9 Å². The van der Waals surface area contributed by atoms with Gasteiger partial charge in [0.15, 0.2) is 0 Å². The largest absolute Gasteiger partial charge is 0.417 e. The van der Waals surface area contributed by atoms with Gasteiger partial charge in [0.1, 0.15) is 6.61 Å². The van der Waals surface area contributed by atoms with Crippen LogP contribution in [0.3, 0.4) is 0 Å². The predicted octanol–water partition coefficient (Wildman–Crippen LogP) is 4.14. The minimum atomic E-state index is -4.47.